The zero-order chi connectivity index (χ0) is 14.8. The third-order valence-corrected chi connectivity index (χ3v) is 5.40. The zero-order valence-corrected chi connectivity index (χ0v) is 12.8. The van der Waals surface area contributed by atoms with E-state index < -0.39 is 15.6 Å². The van der Waals surface area contributed by atoms with Crippen molar-refractivity contribution in [1.29, 1.82) is 5.26 Å². The molecular formula is C12H14N4O2S2. The van der Waals surface area contributed by atoms with Crippen molar-refractivity contribution in [3.05, 3.63) is 18.2 Å². The Bertz CT molecular complexity index is 757. The lowest BCUT2D eigenvalue weighted by Gasteiger charge is -2.24. The molecule has 0 radical (unpaired) electrons. The fourth-order valence-corrected chi connectivity index (χ4v) is 4.11. The molecule has 0 aliphatic heterocycles. The summed E-state index contributed by atoms with van der Waals surface area (Å²) in [6.45, 7) is 3.56. The van der Waals surface area contributed by atoms with E-state index in [4.69, 9.17) is 0 Å². The summed E-state index contributed by atoms with van der Waals surface area (Å²) in [7, 11) is -3.82. The predicted octanol–water partition coefficient (Wildman–Crippen LogP) is 2.05. The molecule has 106 valence electrons. The molecule has 0 saturated heterocycles. The molecule has 6 nitrogen and oxygen atoms in total. The average Bonchev–Trinajstić information content (AvgIpc) is 2.93. The highest BCUT2D eigenvalue weighted by Gasteiger charge is 2.33. The summed E-state index contributed by atoms with van der Waals surface area (Å²) < 4.78 is 35.6. The van der Waals surface area contributed by atoms with Crippen LogP contribution in [0.15, 0.2) is 23.1 Å². The van der Waals surface area contributed by atoms with Crippen LogP contribution < -0.4 is 4.72 Å². The quantitative estimate of drug-likeness (QED) is 0.911. The largest absolute Gasteiger partial charge is 0.244 e. The lowest BCUT2D eigenvalue weighted by Crippen LogP contribution is -2.46. The Morgan fingerprint density at radius 1 is 1.35 bits per heavy atom. The molecule has 2 rings (SSSR count). The summed E-state index contributed by atoms with van der Waals surface area (Å²) in [6.07, 6.45) is 0.787. The highest BCUT2D eigenvalue weighted by atomic mass is 32.2. The molecule has 2 aromatic rings. The maximum atomic E-state index is 12.5. The van der Waals surface area contributed by atoms with Crippen LogP contribution in [-0.4, -0.2) is 22.7 Å². The number of nitriles is 1. The Morgan fingerprint density at radius 3 is 2.65 bits per heavy atom. The van der Waals surface area contributed by atoms with Gasteiger partial charge in [0.15, 0.2) is 0 Å². The van der Waals surface area contributed by atoms with Gasteiger partial charge in [0.2, 0.25) is 10.0 Å². The van der Waals surface area contributed by atoms with Gasteiger partial charge in [0.1, 0.15) is 21.5 Å². The van der Waals surface area contributed by atoms with Crippen LogP contribution in [0.3, 0.4) is 0 Å². The van der Waals surface area contributed by atoms with Crippen molar-refractivity contribution in [3.63, 3.8) is 0 Å². The third-order valence-electron chi connectivity index (χ3n) is 3.29. The van der Waals surface area contributed by atoms with E-state index >= 15 is 0 Å². The molecule has 1 aromatic carbocycles. The van der Waals surface area contributed by atoms with Crippen LogP contribution in [0.25, 0.3) is 11.0 Å². The van der Waals surface area contributed by atoms with Crippen LogP contribution in [0.4, 0.5) is 0 Å². The lowest BCUT2D eigenvalue weighted by atomic mass is 9.97. The Hall–Kier alpha value is -1.56. The highest BCUT2D eigenvalue weighted by molar-refractivity contribution is 7.89. The highest BCUT2D eigenvalue weighted by Crippen LogP contribution is 2.24. The predicted molar refractivity (Wildman–Crippen MR) is 76.7 cm³/mol. The van der Waals surface area contributed by atoms with Crippen molar-refractivity contribution in [1.82, 2.24) is 13.5 Å². The van der Waals surface area contributed by atoms with Crippen molar-refractivity contribution in [2.45, 2.75) is 37.1 Å². The van der Waals surface area contributed by atoms with E-state index in [-0.39, 0.29) is 4.90 Å². The van der Waals surface area contributed by atoms with Gasteiger partial charge < -0.3 is 0 Å². The van der Waals surface area contributed by atoms with E-state index in [2.05, 4.69) is 19.5 Å². The van der Waals surface area contributed by atoms with E-state index in [1.54, 1.807) is 26.0 Å². The number of hydrogen-bond donors (Lipinski definition) is 1. The monoisotopic (exact) mass is 310 g/mol. The molecular weight excluding hydrogens is 296 g/mol. The molecule has 1 aromatic heterocycles. The number of nitrogens with zero attached hydrogens (tertiary/aromatic N) is 3. The van der Waals surface area contributed by atoms with Gasteiger partial charge in [-0.05, 0) is 25.0 Å². The molecule has 0 unspecified atom stereocenters. The summed E-state index contributed by atoms with van der Waals surface area (Å²) >= 11 is 0.961. The standard InChI is InChI=1S/C12H14N4O2S2/c1-3-12(4-2,8-13)16-20(17,18)10-7-5-6-9-11(10)15-19-14-9/h5-7,16H,3-4H2,1-2H3. The van der Waals surface area contributed by atoms with E-state index in [0.717, 1.165) is 11.7 Å². The number of nitrogens with one attached hydrogen (secondary N) is 1. The first-order chi connectivity index (χ1) is 9.48. The van der Waals surface area contributed by atoms with Crippen LogP contribution >= 0.6 is 11.7 Å². The summed E-state index contributed by atoms with van der Waals surface area (Å²) in [5.74, 6) is 0. The van der Waals surface area contributed by atoms with E-state index in [1.807, 2.05) is 0 Å². The second-order valence-electron chi connectivity index (χ2n) is 4.39. The van der Waals surface area contributed by atoms with Gasteiger partial charge >= 0.3 is 0 Å². The summed E-state index contributed by atoms with van der Waals surface area (Å²) in [5.41, 5.74) is -0.220. The average molecular weight is 310 g/mol. The molecule has 0 aliphatic carbocycles. The first-order valence-electron chi connectivity index (χ1n) is 6.14. The van der Waals surface area contributed by atoms with E-state index in [1.165, 1.54) is 6.07 Å². The molecule has 20 heavy (non-hydrogen) atoms. The van der Waals surface area contributed by atoms with Crippen LogP contribution in [0.2, 0.25) is 0 Å². The number of hydrogen-bond acceptors (Lipinski definition) is 6. The Labute approximate surface area is 121 Å². The minimum Gasteiger partial charge on any atom is -0.207 e. The molecule has 0 saturated carbocycles. The minimum atomic E-state index is -3.82. The molecule has 1 N–H and O–H groups in total. The van der Waals surface area contributed by atoms with Crippen LogP contribution in [0.1, 0.15) is 26.7 Å². The van der Waals surface area contributed by atoms with Crippen molar-refractivity contribution < 1.29 is 8.42 Å². The number of sulfonamides is 1. The fraction of sp³-hybridized carbons (Fsp3) is 0.417. The Balaban J connectivity index is 2.51. The lowest BCUT2D eigenvalue weighted by molar-refractivity contribution is 0.447. The maximum Gasteiger partial charge on any atom is 0.244 e. The smallest absolute Gasteiger partial charge is 0.207 e. The minimum absolute atomic E-state index is 0.0604. The van der Waals surface area contributed by atoms with Gasteiger partial charge in [0.05, 0.1) is 17.8 Å². The molecule has 0 bridgehead atoms. The first-order valence-corrected chi connectivity index (χ1v) is 8.36. The first kappa shape index (κ1) is 14.8. The van der Waals surface area contributed by atoms with Crippen molar-refractivity contribution in [2.24, 2.45) is 0 Å². The van der Waals surface area contributed by atoms with Crippen molar-refractivity contribution >= 4 is 32.8 Å². The van der Waals surface area contributed by atoms with Gasteiger partial charge in [-0.15, -0.1) is 0 Å². The second kappa shape index (κ2) is 5.44. The summed E-state index contributed by atoms with van der Waals surface area (Å²) in [5, 5.41) is 9.26. The van der Waals surface area contributed by atoms with Crippen molar-refractivity contribution in [2.75, 3.05) is 0 Å². The number of benzene rings is 1. The Morgan fingerprint density at radius 2 is 2.05 bits per heavy atom. The fourth-order valence-electron chi connectivity index (χ4n) is 1.89. The number of rotatable bonds is 5. The van der Waals surface area contributed by atoms with Gasteiger partial charge in [-0.2, -0.15) is 18.7 Å². The van der Waals surface area contributed by atoms with Gasteiger partial charge in [0, 0.05) is 0 Å². The third kappa shape index (κ3) is 2.52. The molecule has 0 aliphatic rings. The van der Waals surface area contributed by atoms with Crippen LogP contribution in [0.5, 0.6) is 0 Å². The Kier molecular flexibility index (Phi) is 4.04. The SMILES string of the molecule is CCC(C#N)(CC)NS(=O)(=O)c1cccc2nsnc12. The molecule has 1 heterocycles. The van der Waals surface area contributed by atoms with Gasteiger partial charge in [-0.25, -0.2) is 8.42 Å². The normalized spacial score (nSPS) is 12.4. The van der Waals surface area contributed by atoms with Gasteiger partial charge in [-0.1, -0.05) is 19.9 Å². The second-order valence-corrected chi connectivity index (χ2v) is 6.57. The van der Waals surface area contributed by atoms with Crippen LogP contribution in [-0.2, 0) is 10.0 Å². The number of aromatic nitrogens is 2. The molecule has 8 heteroatoms. The zero-order valence-electron chi connectivity index (χ0n) is 11.1. The molecule has 0 amide bonds. The molecule has 0 fully saturated rings. The maximum absolute atomic E-state index is 12.5. The van der Waals surface area contributed by atoms with Crippen molar-refractivity contribution in [3.8, 4) is 6.07 Å². The van der Waals surface area contributed by atoms with E-state index in [0.29, 0.717) is 23.9 Å². The number of fused-ring (bicyclic) bond motifs is 1. The summed E-state index contributed by atoms with van der Waals surface area (Å²) in [4.78, 5) is 0.0604. The van der Waals surface area contributed by atoms with E-state index in [9.17, 15) is 13.7 Å². The van der Waals surface area contributed by atoms with Gasteiger partial charge in [0.25, 0.3) is 0 Å². The molecule has 0 atom stereocenters. The van der Waals surface area contributed by atoms with Crippen LogP contribution in [0, 0.1) is 11.3 Å². The molecule has 0 spiro atoms. The topological polar surface area (TPSA) is 95.7 Å². The van der Waals surface area contributed by atoms with Gasteiger partial charge in [-0.3, -0.25) is 0 Å². The summed E-state index contributed by atoms with van der Waals surface area (Å²) in [6, 6.07) is 6.85.